The van der Waals surface area contributed by atoms with Gasteiger partial charge in [0.2, 0.25) is 0 Å². The highest BCUT2D eigenvalue weighted by molar-refractivity contribution is 6.31. The fraction of sp³-hybridized carbons (Fsp3) is 0.200. The van der Waals surface area contributed by atoms with Crippen molar-refractivity contribution in [3.8, 4) is 0 Å². The zero-order chi connectivity index (χ0) is 11.2. The lowest BCUT2D eigenvalue weighted by Crippen LogP contribution is -2.08. The Bertz CT molecular complexity index is 470. The lowest BCUT2D eigenvalue weighted by molar-refractivity contribution is -0.138. The lowest BCUT2D eigenvalue weighted by atomic mass is 10.0. The molecule has 0 saturated carbocycles. The Hall–Kier alpha value is -1.42. The van der Waals surface area contributed by atoms with Gasteiger partial charge in [0.25, 0.3) is 0 Å². The number of carboxylic acids is 1. The zero-order valence-corrected chi connectivity index (χ0v) is 8.21. The molecule has 1 aliphatic carbocycles. The minimum atomic E-state index is -1.09. The molecule has 0 heterocycles. The predicted octanol–water partition coefficient (Wildman–Crippen LogP) is 2.23. The summed E-state index contributed by atoms with van der Waals surface area (Å²) in [6.07, 6.45) is -0.121. The molecule has 1 aliphatic rings. The lowest BCUT2D eigenvalue weighted by Gasteiger charge is -2.05. The monoisotopic (exact) mass is 228 g/mol. The molecule has 15 heavy (non-hydrogen) atoms. The van der Waals surface area contributed by atoms with Crippen LogP contribution in [0.2, 0.25) is 5.02 Å². The van der Waals surface area contributed by atoms with Crippen LogP contribution < -0.4 is 0 Å². The highest BCUT2D eigenvalue weighted by Gasteiger charge is 2.35. The van der Waals surface area contributed by atoms with Crippen LogP contribution in [0.1, 0.15) is 28.3 Å². The van der Waals surface area contributed by atoms with Gasteiger partial charge in [-0.15, -0.1) is 0 Å². The van der Waals surface area contributed by atoms with E-state index in [0.29, 0.717) is 5.56 Å². The summed E-state index contributed by atoms with van der Waals surface area (Å²) in [5.41, 5.74) is 0.434. The van der Waals surface area contributed by atoms with Gasteiger partial charge >= 0.3 is 5.97 Å². The summed E-state index contributed by atoms with van der Waals surface area (Å²) >= 11 is 5.53. The Balaban J connectivity index is 2.61. The van der Waals surface area contributed by atoms with Gasteiger partial charge in [-0.1, -0.05) is 11.6 Å². The third kappa shape index (κ3) is 1.51. The maximum Gasteiger partial charge on any atom is 0.311 e. The molecule has 1 N–H and O–H groups in total. The van der Waals surface area contributed by atoms with Crippen LogP contribution in [0, 0.1) is 5.82 Å². The van der Waals surface area contributed by atoms with E-state index in [4.69, 9.17) is 16.7 Å². The van der Waals surface area contributed by atoms with E-state index in [1.54, 1.807) is 0 Å². The van der Waals surface area contributed by atoms with Crippen LogP contribution in [0.3, 0.4) is 0 Å². The maximum atomic E-state index is 13.0. The Morgan fingerprint density at radius 1 is 1.53 bits per heavy atom. The van der Waals surface area contributed by atoms with Gasteiger partial charge in [-0.2, -0.15) is 0 Å². The molecule has 0 aromatic heterocycles. The zero-order valence-electron chi connectivity index (χ0n) is 7.46. The van der Waals surface area contributed by atoms with Gasteiger partial charge in [0.15, 0.2) is 5.78 Å². The van der Waals surface area contributed by atoms with Crippen molar-refractivity contribution in [2.24, 2.45) is 0 Å². The molecule has 1 aromatic rings. The second kappa shape index (κ2) is 3.31. The number of fused-ring (bicyclic) bond motifs is 1. The number of hydrogen-bond acceptors (Lipinski definition) is 2. The summed E-state index contributed by atoms with van der Waals surface area (Å²) in [6.45, 7) is 0. The molecular weight excluding hydrogens is 223 g/mol. The van der Waals surface area contributed by atoms with Crippen LogP contribution in [0.25, 0.3) is 0 Å². The topological polar surface area (TPSA) is 54.4 Å². The van der Waals surface area contributed by atoms with E-state index in [0.717, 1.165) is 6.07 Å². The SMILES string of the molecule is O=C1CC(C(=O)O)c2cc(Cl)c(F)cc21. The van der Waals surface area contributed by atoms with Gasteiger partial charge in [-0.25, -0.2) is 4.39 Å². The van der Waals surface area contributed by atoms with Gasteiger partial charge < -0.3 is 5.11 Å². The smallest absolute Gasteiger partial charge is 0.311 e. The molecule has 1 unspecified atom stereocenters. The van der Waals surface area contributed by atoms with Crippen molar-refractivity contribution in [1.29, 1.82) is 0 Å². The van der Waals surface area contributed by atoms with Crippen molar-refractivity contribution in [2.75, 3.05) is 0 Å². The maximum absolute atomic E-state index is 13.0. The van der Waals surface area contributed by atoms with Crippen molar-refractivity contribution in [3.63, 3.8) is 0 Å². The first-order valence-electron chi connectivity index (χ1n) is 4.25. The molecule has 5 heteroatoms. The summed E-state index contributed by atoms with van der Waals surface area (Å²) in [7, 11) is 0. The Morgan fingerprint density at radius 2 is 2.20 bits per heavy atom. The number of Topliss-reactive ketones (excluding diaryl/α,β-unsaturated/α-hetero) is 1. The van der Waals surface area contributed by atoms with Crippen molar-refractivity contribution in [1.82, 2.24) is 0 Å². The van der Waals surface area contributed by atoms with E-state index < -0.39 is 17.7 Å². The van der Waals surface area contributed by atoms with E-state index in [9.17, 15) is 14.0 Å². The van der Waals surface area contributed by atoms with Gasteiger partial charge in [0.05, 0.1) is 10.9 Å². The van der Waals surface area contributed by atoms with Crippen LogP contribution >= 0.6 is 11.6 Å². The van der Waals surface area contributed by atoms with Crippen LogP contribution in [-0.2, 0) is 4.79 Å². The third-order valence-electron chi connectivity index (χ3n) is 2.46. The highest BCUT2D eigenvalue weighted by atomic mass is 35.5. The second-order valence-corrected chi connectivity index (χ2v) is 3.78. The van der Waals surface area contributed by atoms with E-state index in [1.165, 1.54) is 6.07 Å². The molecule has 0 bridgehead atoms. The summed E-state index contributed by atoms with van der Waals surface area (Å²) in [6, 6.07) is 2.22. The minimum Gasteiger partial charge on any atom is -0.481 e. The summed E-state index contributed by atoms with van der Waals surface area (Å²) < 4.78 is 13.0. The molecule has 2 rings (SSSR count). The van der Waals surface area contributed by atoms with Crippen molar-refractivity contribution < 1.29 is 19.1 Å². The molecule has 78 valence electrons. The fourth-order valence-corrected chi connectivity index (χ4v) is 1.89. The van der Waals surface area contributed by atoms with Gasteiger partial charge in [-0.05, 0) is 17.7 Å². The standard InChI is InChI=1S/C10H6ClFO3/c11-7-1-4-5(2-8(7)12)9(13)3-6(4)10(14)15/h1-2,6H,3H2,(H,14,15). The average molecular weight is 229 g/mol. The quantitative estimate of drug-likeness (QED) is 0.802. The predicted molar refractivity (Wildman–Crippen MR) is 50.7 cm³/mol. The first kappa shape index (κ1) is 10.1. The Morgan fingerprint density at radius 3 is 2.80 bits per heavy atom. The fourth-order valence-electron chi connectivity index (χ4n) is 1.72. The summed E-state index contributed by atoms with van der Waals surface area (Å²) in [4.78, 5) is 22.2. The van der Waals surface area contributed by atoms with Crippen molar-refractivity contribution >= 4 is 23.4 Å². The first-order chi connectivity index (χ1) is 7.00. The van der Waals surface area contributed by atoms with Gasteiger partial charge in [0.1, 0.15) is 5.82 Å². The van der Waals surface area contributed by atoms with Crippen molar-refractivity contribution in [2.45, 2.75) is 12.3 Å². The number of ketones is 1. The molecule has 3 nitrogen and oxygen atoms in total. The van der Waals surface area contributed by atoms with E-state index in [1.807, 2.05) is 0 Å². The van der Waals surface area contributed by atoms with E-state index >= 15 is 0 Å². The second-order valence-electron chi connectivity index (χ2n) is 3.37. The Kier molecular flexibility index (Phi) is 2.23. The number of halogens is 2. The normalized spacial score (nSPS) is 19.1. The Labute approximate surface area is 89.5 Å². The molecule has 0 saturated heterocycles. The van der Waals surface area contributed by atoms with E-state index in [-0.39, 0.29) is 22.8 Å². The van der Waals surface area contributed by atoms with Crippen LogP contribution in [0.15, 0.2) is 12.1 Å². The molecule has 1 atom stereocenters. The third-order valence-corrected chi connectivity index (χ3v) is 2.75. The van der Waals surface area contributed by atoms with Crippen LogP contribution in [0.4, 0.5) is 4.39 Å². The number of hydrogen-bond donors (Lipinski definition) is 1. The van der Waals surface area contributed by atoms with Gasteiger partial charge in [-0.3, -0.25) is 9.59 Å². The number of carboxylic acid groups (broad SMARTS) is 1. The molecule has 1 aromatic carbocycles. The average Bonchev–Trinajstić information content (AvgIpc) is 2.45. The minimum absolute atomic E-state index is 0.121. The molecule has 0 spiro atoms. The number of benzene rings is 1. The summed E-state index contributed by atoms with van der Waals surface area (Å²) in [5.74, 6) is -3.04. The number of rotatable bonds is 1. The number of carbonyl (C=O) groups is 2. The molecule has 0 radical (unpaired) electrons. The molecule has 0 fully saturated rings. The summed E-state index contributed by atoms with van der Waals surface area (Å²) in [5, 5.41) is 8.69. The molecule has 0 aliphatic heterocycles. The van der Waals surface area contributed by atoms with Crippen LogP contribution in [-0.4, -0.2) is 16.9 Å². The molecule has 0 amide bonds. The van der Waals surface area contributed by atoms with Gasteiger partial charge in [0, 0.05) is 12.0 Å². The first-order valence-corrected chi connectivity index (χ1v) is 4.63. The van der Waals surface area contributed by atoms with Crippen LogP contribution in [0.5, 0.6) is 0 Å². The number of carbonyl (C=O) groups excluding carboxylic acids is 1. The molecular formula is C10H6ClFO3. The number of aliphatic carboxylic acids is 1. The van der Waals surface area contributed by atoms with E-state index in [2.05, 4.69) is 0 Å². The highest BCUT2D eigenvalue weighted by Crippen LogP contribution is 2.35. The largest absolute Gasteiger partial charge is 0.481 e. The van der Waals surface area contributed by atoms with Crippen molar-refractivity contribution in [3.05, 3.63) is 34.1 Å².